The minimum Gasteiger partial charge on any atom is -0.459 e. The first-order chi connectivity index (χ1) is 16.4. The first kappa shape index (κ1) is 26.3. The van der Waals surface area contributed by atoms with E-state index in [0.717, 1.165) is 29.7 Å². The van der Waals surface area contributed by atoms with Crippen molar-refractivity contribution in [1.82, 2.24) is 0 Å². The lowest BCUT2D eigenvalue weighted by molar-refractivity contribution is -0.117. The zero-order valence-electron chi connectivity index (χ0n) is 19.4. The molecule has 1 aliphatic rings. The van der Waals surface area contributed by atoms with Crippen molar-refractivity contribution in [2.75, 3.05) is 24.7 Å². The van der Waals surface area contributed by atoms with E-state index in [4.69, 9.17) is 14.6 Å². The Bertz CT molecular complexity index is 930. The predicted octanol–water partition coefficient (Wildman–Crippen LogP) is 3.19. The first-order valence-electron chi connectivity index (χ1n) is 11.7. The number of nitrogens with zero attached hydrogens (tertiary/aromatic N) is 1. The topological polar surface area (TPSA) is 117 Å². The largest absolute Gasteiger partial charge is 0.459 e. The molecular formula is C25H33NO7S. The lowest BCUT2D eigenvalue weighted by atomic mass is 10.0. The molecule has 1 amide bonds. The number of amides is 1. The van der Waals surface area contributed by atoms with E-state index in [0.29, 0.717) is 17.0 Å². The van der Waals surface area contributed by atoms with E-state index in [1.165, 1.54) is 11.3 Å². The van der Waals surface area contributed by atoms with Crippen LogP contribution in [0.5, 0.6) is 0 Å². The SMILES string of the molecule is CCCCCC(O)c1ccc(N2C(=O)CC(O)[C@@H]2COCc2ccc(C(=O)OCCO)s2)cc1. The summed E-state index contributed by atoms with van der Waals surface area (Å²) in [4.78, 5) is 27.2. The van der Waals surface area contributed by atoms with Crippen molar-refractivity contribution in [3.05, 3.63) is 51.7 Å². The van der Waals surface area contributed by atoms with Crippen molar-refractivity contribution in [2.24, 2.45) is 0 Å². The van der Waals surface area contributed by atoms with Crippen LogP contribution in [-0.2, 0) is 20.9 Å². The van der Waals surface area contributed by atoms with Crippen LogP contribution in [0.2, 0.25) is 0 Å². The Morgan fingerprint density at radius 1 is 1.21 bits per heavy atom. The molecule has 0 spiro atoms. The highest BCUT2D eigenvalue weighted by molar-refractivity contribution is 7.13. The number of hydrogen-bond acceptors (Lipinski definition) is 8. The number of anilines is 1. The van der Waals surface area contributed by atoms with Gasteiger partial charge in [0, 0.05) is 10.6 Å². The summed E-state index contributed by atoms with van der Waals surface area (Å²) in [5, 5.41) is 29.6. The molecule has 1 aromatic heterocycles. The third kappa shape index (κ3) is 6.86. The minimum absolute atomic E-state index is 0.0231. The highest BCUT2D eigenvalue weighted by atomic mass is 32.1. The lowest BCUT2D eigenvalue weighted by Crippen LogP contribution is -2.40. The van der Waals surface area contributed by atoms with Crippen LogP contribution in [-0.4, -0.2) is 59.2 Å². The van der Waals surface area contributed by atoms with E-state index in [9.17, 15) is 19.8 Å². The van der Waals surface area contributed by atoms with Crippen LogP contribution in [0, 0.1) is 0 Å². The number of esters is 1. The smallest absolute Gasteiger partial charge is 0.348 e. The van der Waals surface area contributed by atoms with Gasteiger partial charge >= 0.3 is 5.97 Å². The molecule has 1 aromatic carbocycles. The predicted molar refractivity (Wildman–Crippen MR) is 129 cm³/mol. The van der Waals surface area contributed by atoms with Gasteiger partial charge in [-0.1, -0.05) is 38.3 Å². The number of benzene rings is 1. The number of carbonyl (C=O) groups is 2. The number of rotatable bonds is 13. The maximum atomic E-state index is 12.6. The second-order valence-electron chi connectivity index (χ2n) is 8.35. The Labute approximate surface area is 203 Å². The summed E-state index contributed by atoms with van der Waals surface area (Å²) >= 11 is 1.24. The van der Waals surface area contributed by atoms with Gasteiger partial charge in [0.15, 0.2) is 0 Å². The van der Waals surface area contributed by atoms with E-state index < -0.39 is 24.2 Å². The fourth-order valence-electron chi connectivity index (χ4n) is 3.96. The number of unbranched alkanes of at least 4 members (excludes halogenated alkanes) is 2. The Kier molecular flexibility index (Phi) is 10.0. The van der Waals surface area contributed by atoms with E-state index in [2.05, 4.69) is 6.92 Å². The number of aliphatic hydroxyl groups is 3. The van der Waals surface area contributed by atoms with Crippen molar-refractivity contribution in [2.45, 2.75) is 63.9 Å². The molecule has 186 valence electrons. The number of thiophene rings is 1. The van der Waals surface area contributed by atoms with Gasteiger partial charge in [-0.15, -0.1) is 11.3 Å². The summed E-state index contributed by atoms with van der Waals surface area (Å²) in [6.45, 7) is 2.21. The summed E-state index contributed by atoms with van der Waals surface area (Å²) in [5.74, 6) is -0.672. The molecule has 1 aliphatic heterocycles. The molecule has 0 aliphatic carbocycles. The van der Waals surface area contributed by atoms with Gasteiger partial charge in [-0.25, -0.2) is 4.79 Å². The Morgan fingerprint density at radius 2 is 1.97 bits per heavy atom. The average molecular weight is 492 g/mol. The van der Waals surface area contributed by atoms with Gasteiger partial charge in [0.1, 0.15) is 11.5 Å². The highest BCUT2D eigenvalue weighted by Crippen LogP contribution is 2.30. The molecule has 9 heteroatoms. The molecule has 3 atom stereocenters. The number of carbonyl (C=O) groups excluding carboxylic acids is 2. The van der Waals surface area contributed by atoms with Gasteiger partial charge in [0.25, 0.3) is 0 Å². The normalized spacial score (nSPS) is 18.9. The van der Waals surface area contributed by atoms with Gasteiger partial charge in [-0.3, -0.25) is 4.79 Å². The van der Waals surface area contributed by atoms with Crippen LogP contribution in [0.4, 0.5) is 5.69 Å². The average Bonchev–Trinajstić information content (AvgIpc) is 3.41. The maximum absolute atomic E-state index is 12.6. The van der Waals surface area contributed by atoms with Crippen LogP contribution in [0.25, 0.3) is 0 Å². The van der Waals surface area contributed by atoms with Crippen molar-refractivity contribution in [3.8, 4) is 0 Å². The van der Waals surface area contributed by atoms with Crippen LogP contribution in [0.1, 0.15) is 65.2 Å². The fourth-order valence-corrected chi connectivity index (χ4v) is 4.80. The third-order valence-corrected chi connectivity index (χ3v) is 6.82. The van der Waals surface area contributed by atoms with E-state index in [-0.39, 0.29) is 38.8 Å². The molecule has 1 fully saturated rings. The molecule has 0 saturated carbocycles. The van der Waals surface area contributed by atoms with E-state index >= 15 is 0 Å². The molecule has 2 unspecified atom stereocenters. The van der Waals surface area contributed by atoms with E-state index in [1.54, 1.807) is 29.2 Å². The molecule has 8 nitrogen and oxygen atoms in total. The maximum Gasteiger partial charge on any atom is 0.348 e. The van der Waals surface area contributed by atoms with Crippen molar-refractivity contribution >= 4 is 28.9 Å². The molecular weight excluding hydrogens is 458 g/mol. The molecule has 34 heavy (non-hydrogen) atoms. The third-order valence-electron chi connectivity index (χ3n) is 5.79. The molecule has 2 aromatic rings. The zero-order valence-corrected chi connectivity index (χ0v) is 20.2. The highest BCUT2D eigenvalue weighted by Gasteiger charge is 2.39. The molecule has 3 N–H and O–H groups in total. The number of aliphatic hydroxyl groups excluding tert-OH is 3. The Balaban J connectivity index is 1.57. The van der Waals surface area contributed by atoms with Crippen LogP contribution in [0.15, 0.2) is 36.4 Å². The van der Waals surface area contributed by atoms with Crippen LogP contribution < -0.4 is 4.90 Å². The summed E-state index contributed by atoms with van der Waals surface area (Å²) in [6.07, 6.45) is 2.49. The number of ether oxygens (including phenoxy) is 2. The van der Waals surface area contributed by atoms with Crippen LogP contribution in [0.3, 0.4) is 0 Å². The molecule has 3 rings (SSSR count). The second kappa shape index (κ2) is 13.0. The van der Waals surface area contributed by atoms with Gasteiger partial charge < -0.3 is 29.7 Å². The standard InChI is InChI=1S/C25H33NO7S/c1-2-3-4-5-21(28)17-6-8-18(9-7-17)26-20(22(29)14-24(26)30)16-32-15-19-10-11-23(34-19)25(31)33-13-12-27/h6-11,20-22,27-29H,2-5,12-16H2,1H3/t20-,21?,22?/m0/s1. The van der Waals surface area contributed by atoms with Gasteiger partial charge in [-0.2, -0.15) is 0 Å². The zero-order chi connectivity index (χ0) is 24.5. The summed E-state index contributed by atoms with van der Waals surface area (Å²) in [6, 6.07) is 10.1. The summed E-state index contributed by atoms with van der Waals surface area (Å²) in [7, 11) is 0. The van der Waals surface area contributed by atoms with Crippen molar-refractivity contribution < 1.29 is 34.4 Å². The minimum atomic E-state index is -0.848. The number of hydrogen-bond donors (Lipinski definition) is 3. The molecule has 0 radical (unpaired) electrons. The molecule has 1 saturated heterocycles. The van der Waals surface area contributed by atoms with Crippen LogP contribution >= 0.6 is 11.3 Å². The second-order valence-corrected chi connectivity index (χ2v) is 9.51. The molecule has 0 bridgehead atoms. The fraction of sp³-hybridized carbons (Fsp3) is 0.520. The van der Waals surface area contributed by atoms with E-state index in [1.807, 2.05) is 12.1 Å². The van der Waals surface area contributed by atoms with Crippen molar-refractivity contribution in [1.29, 1.82) is 0 Å². The first-order valence-corrected chi connectivity index (χ1v) is 12.5. The Hall–Kier alpha value is -2.30. The summed E-state index contributed by atoms with van der Waals surface area (Å²) < 4.78 is 10.7. The Morgan fingerprint density at radius 3 is 2.68 bits per heavy atom. The monoisotopic (exact) mass is 491 g/mol. The lowest BCUT2D eigenvalue weighted by Gasteiger charge is -2.26. The van der Waals surface area contributed by atoms with Crippen molar-refractivity contribution in [3.63, 3.8) is 0 Å². The van der Waals surface area contributed by atoms with Gasteiger partial charge in [0.05, 0.1) is 44.5 Å². The molecule has 2 heterocycles. The quantitative estimate of drug-likeness (QED) is 0.291. The van der Waals surface area contributed by atoms with Gasteiger partial charge in [-0.05, 0) is 36.2 Å². The van der Waals surface area contributed by atoms with Gasteiger partial charge in [0.2, 0.25) is 5.91 Å². The summed E-state index contributed by atoms with van der Waals surface area (Å²) in [5.41, 5.74) is 1.47.